The second-order valence-corrected chi connectivity index (χ2v) is 5.04. The van der Waals surface area contributed by atoms with Crippen molar-refractivity contribution in [3.8, 4) is 0 Å². The van der Waals surface area contributed by atoms with Crippen LogP contribution in [0.4, 0.5) is 4.39 Å². The molecular weight excluding hydrogens is 258 g/mol. The van der Waals surface area contributed by atoms with Gasteiger partial charge in [0.2, 0.25) is 0 Å². The summed E-state index contributed by atoms with van der Waals surface area (Å²) in [4.78, 5) is 0. The topological polar surface area (TPSA) is 49.7 Å². The fraction of sp³-hybridized carbons (Fsp3) is 0.600. The van der Waals surface area contributed by atoms with Gasteiger partial charge < -0.3 is 14.8 Å². The van der Waals surface area contributed by atoms with Crippen LogP contribution >= 0.6 is 0 Å². The van der Waals surface area contributed by atoms with E-state index < -0.39 is 12.9 Å². The van der Waals surface area contributed by atoms with Crippen LogP contribution in [0.2, 0.25) is 0 Å². The molecule has 0 aliphatic carbocycles. The number of unbranched alkanes of at least 4 members (excludes halogenated alkanes) is 5. The standard InChI is InChI=1S/C15H24BFO3/c1-2-3-4-5-6-7-10-20-12-13-8-9-14(16(18)19)11-15(13)17/h8-9,11,18-19H,2-7,10,12H2,1H3. The minimum Gasteiger partial charge on any atom is -0.423 e. The molecule has 1 aromatic rings. The normalized spacial score (nSPS) is 10.8. The number of benzene rings is 1. The van der Waals surface area contributed by atoms with E-state index in [1.54, 1.807) is 0 Å². The number of hydrogen-bond donors (Lipinski definition) is 2. The van der Waals surface area contributed by atoms with Crippen LogP contribution in [0.15, 0.2) is 18.2 Å². The minimum atomic E-state index is -1.64. The highest BCUT2D eigenvalue weighted by Gasteiger charge is 2.13. The second kappa shape index (κ2) is 9.91. The molecule has 0 amide bonds. The van der Waals surface area contributed by atoms with E-state index in [9.17, 15) is 4.39 Å². The Hall–Kier alpha value is -0.905. The van der Waals surface area contributed by atoms with Gasteiger partial charge in [-0.25, -0.2) is 4.39 Å². The van der Waals surface area contributed by atoms with Crippen LogP contribution in [0.1, 0.15) is 51.0 Å². The maximum absolute atomic E-state index is 13.6. The lowest BCUT2D eigenvalue weighted by molar-refractivity contribution is 0.114. The second-order valence-electron chi connectivity index (χ2n) is 5.04. The zero-order valence-corrected chi connectivity index (χ0v) is 12.1. The smallest absolute Gasteiger partial charge is 0.423 e. The number of hydrogen-bond acceptors (Lipinski definition) is 3. The van der Waals surface area contributed by atoms with Crippen molar-refractivity contribution in [3.05, 3.63) is 29.6 Å². The molecule has 0 spiro atoms. The Balaban J connectivity index is 2.19. The molecule has 0 bridgehead atoms. The van der Waals surface area contributed by atoms with Gasteiger partial charge in [-0.1, -0.05) is 51.2 Å². The van der Waals surface area contributed by atoms with E-state index >= 15 is 0 Å². The lowest BCUT2D eigenvalue weighted by atomic mass is 9.80. The van der Waals surface area contributed by atoms with E-state index in [4.69, 9.17) is 14.8 Å². The molecular formula is C15H24BFO3. The molecule has 0 heterocycles. The molecule has 0 aromatic heterocycles. The molecule has 0 aliphatic heterocycles. The first kappa shape index (κ1) is 17.1. The molecule has 112 valence electrons. The summed E-state index contributed by atoms with van der Waals surface area (Å²) in [5.41, 5.74) is 0.600. The molecule has 0 aliphatic rings. The Morgan fingerprint density at radius 3 is 2.45 bits per heavy atom. The first-order valence-corrected chi connectivity index (χ1v) is 7.37. The summed E-state index contributed by atoms with van der Waals surface area (Å²) in [7, 11) is -1.64. The van der Waals surface area contributed by atoms with Gasteiger partial charge in [0.25, 0.3) is 0 Å². The van der Waals surface area contributed by atoms with E-state index in [1.165, 1.54) is 37.8 Å². The summed E-state index contributed by atoms with van der Waals surface area (Å²) in [6.07, 6.45) is 7.19. The van der Waals surface area contributed by atoms with Crippen LogP contribution in [0.3, 0.4) is 0 Å². The molecule has 5 heteroatoms. The summed E-state index contributed by atoms with van der Waals surface area (Å²) in [6, 6.07) is 4.16. The molecule has 0 fully saturated rings. The lowest BCUT2D eigenvalue weighted by Gasteiger charge is -2.07. The van der Waals surface area contributed by atoms with Gasteiger partial charge in [0, 0.05) is 12.2 Å². The van der Waals surface area contributed by atoms with Crippen LogP contribution in [0, 0.1) is 5.82 Å². The van der Waals surface area contributed by atoms with E-state index in [0.29, 0.717) is 12.2 Å². The summed E-state index contributed by atoms with van der Waals surface area (Å²) >= 11 is 0. The fourth-order valence-corrected chi connectivity index (χ4v) is 2.01. The predicted molar refractivity (Wildman–Crippen MR) is 79.3 cm³/mol. The van der Waals surface area contributed by atoms with Crippen molar-refractivity contribution in [2.45, 2.75) is 52.1 Å². The van der Waals surface area contributed by atoms with Crippen molar-refractivity contribution in [2.24, 2.45) is 0 Å². The summed E-state index contributed by atoms with van der Waals surface area (Å²) in [6.45, 7) is 3.05. The van der Waals surface area contributed by atoms with Crippen molar-refractivity contribution >= 4 is 12.6 Å². The number of halogens is 1. The van der Waals surface area contributed by atoms with E-state index in [0.717, 1.165) is 18.9 Å². The Morgan fingerprint density at radius 2 is 1.80 bits per heavy atom. The van der Waals surface area contributed by atoms with Crippen LogP contribution in [0.25, 0.3) is 0 Å². The Morgan fingerprint density at radius 1 is 1.10 bits per heavy atom. The van der Waals surface area contributed by atoms with Gasteiger partial charge in [-0.2, -0.15) is 0 Å². The molecule has 0 atom stereocenters. The van der Waals surface area contributed by atoms with Crippen molar-refractivity contribution < 1.29 is 19.2 Å². The zero-order chi connectivity index (χ0) is 14.8. The molecule has 0 saturated heterocycles. The third-order valence-corrected chi connectivity index (χ3v) is 3.28. The number of ether oxygens (including phenoxy) is 1. The first-order chi connectivity index (χ1) is 9.65. The van der Waals surface area contributed by atoms with Crippen molar-refractivity contribution in [3.63, 3.8) is 0 Å². The van der Waals surface area contributed by atoms with Crippen molar-refractivity contribution in [2.75, 3.05) is 6.61 Å². The highest BCUT2D eigenvalue weighted by Crippen LogP contribution is 2.09. The molecule has 1 aromatic carbocycles. The van der Waals surface area contributed by atoms with Crippen molar-refractivity contribution in [1.29, 1.82) is 0 Å². The van der Waals surface area contributed by atoms with Crippen LogP contribution in [0.5, 0.6) is 0 Å². The Bertz CT molecular complexity index is 385. The van der Waals surface area contributed by atoms with E-state index in [1.807, 2.05) is 0 Å². The lowest BCUT2D eigenvalue weighted by Crippen LogP contribution is -2.30. The molecule has 0 unspecified atom stereocenters. The molecule has 20 heavy (non-hydrogen) atoms. The highest BCUT2D eigenvalue weighted by atomic mass is 19.1. The molecule has 0 saturated carbocycles. The van der Waals surface area contributed by atoms with Gasteiger partial charge >= 0.3 is 7.12 Å². The molecule has 3 nitrogen and oxygen atoms in total. The maximum Gasteiger partial charge on any atom is 0.488 e. The summed E-state index contributed by atoms with van der Waals surface area (Å²) < 4.78 is 19.1. The average molecular weight is 282 g/mol. The third kappa shape index (κ3) is 6.50. The Kier molecular flexibility index (Phi) is 8.50. The largest absolute Gasteiger partial charge is 0.488 e. The zero-order valence-electron chi connectivity index (χ0n) is 12.1. The average Bonchev–Trinajstić information content (AvgIpc) is 2.43. The predicted octanol–water partition coefficient (Wildman–Crippen LogP) is 2.38. The molecule has 0 radical (unpaired) electrons. The van der Waals surface area contributed by atoms with Gasteiger partial charge in [-0.05, 0) is 17.9 Å². The number of rotatable bonds is 10. The van der Waals surface area contributed by atoms with E-state index in [-0.39, 0.29) is 12.1 Å². The van der Waals surface area contributed by atoms with Crippen molar-refractivity contribution in [1.82, 2.24) is 0 Å². The fourth-order valence-electron chi connectivity index (χ4n) is 2.01. The van der Waals surface area contributed by atoms with Gasteiger partial charge in [-0.3, -0.25) is 0 Å². The SMILES string of the molecule is CCCCCCCCOCc1ccc(B(O)O)cc1F. The van der Waals surface area contributed by atoms with Crippen LogP contribution in [-0.2, 0) is 11.3 Å². The quantitative estimate of drug-likeness (QED) is 0.511. The summed E-state index contributed by atoms with van der Waals surface area (Å²) in [5.74, 6) is -0.460. The first-order valence-electron chi connectivity index (χ1n) is 7.37. The van der Waals surface area contributed by atoms with Crippen LogP contribution in [-0.4, -0.2) is 23.8 Å². The van der Waals surface area contributed by atoms with Gasteiger partial charge in [0.1, 0.15) is 5.82 Å². The van der Waals surface area contributed by atoms with Gasteiger partial charge in [0.15, 0.2) is 0 Å². The molecule has 2 N–H and O–H groups in total. The van der Waals surface area contributed by atoms with Gasteiger partial charge in [0.05, 0.1) is 6.61 Å². The van der Waals surface area contributed by atoms with Crippen LogP contribution < -0.4 is 5.46 Å². The maximum atomic E-state index is 13.6. The third-order valence-electron chi connectivity index (χ3n) is 3.28. The van der Waals surface area contributed by atoms with Gasteiger partial charge in [-0.15, -0.1) is 0 Å². The summed E-state index contributed by atoms with van der Waals surface area (Å²) in [5, 5.41) is 17.9. The molecule has 1 rings (SSSR count). The highest BCUT2D eigenvalue weighted by molar-refractivity contribution is 6.58. The minimum absolute atomic E-state index is 0.155. The van der Waals surface area contributed by atoms with E-state index in [2.05, 4.69) is 6.92 Å². The Labute approximate surface area is 120 Å². The monoisotopic (exact) mass is 282 g/mol.